The van der Waals surface area contributed by atoms with E-state index in [1.165, 1.54) is 0 Å². The zero-order valence-corrected chi connectivity index (χ0v) is 21.8. The van der Waals surface area contributed by atoms with Gasteiger partial charge in [0.25, 0.3) is 0 Å². The first-order valence-electron chi connectivity index (χ1n) is 13.2. The second-order valence-electron chi connectivity index (χ2n) is 10.5. The van der Waals surface area contributed by atoms with Crippen LogP contribution >= 0.6 is 0 Å². The molecule has 1 amide bonds. The van der Waals surface area contributed by atoms with Gasteiger partial charge in [-0.2, -0.15) is 13.2 Å². The van der Waals surface area contributed by atoms with Crippen LogP contribution in [0.2, 0.25) is 0 Å². The Kier molecular flexibility index (Phi) is 6.31. The molecule has 6 rings (SSSR count). The van der Waals surface area contributed by atoms with E-state index in [1.807, 2.05) is 21.6 Å². The molecule has 0 bridgehead atoms. The minimum atomic E-state index is -4.51. The number of piperidine rings is 1. The van der Waals surface area contributed by atoms with Gasteiger partial charge in [-0.1, -0.05) is 12.1 Å². The molecule has 0 saturated carbocycles. The minimum Gasteiger partial charge on any atom is -0.382 e. The Bertz CT molecular complexity index is 1650. The highest BCUT2D eigenvalue weighted by Gasteiger charge is 2.38. The summed E-state index contributed by atoms with van der Waals surface area (Å²) >= 11 is 0. The molecule has 0 unspecified atom stereocenters. The number of nitrogen functional groups attached to an aromatic ring is 1. The number of benzene rings is 1. The standard InChI is InChI=1S/C29H27F3N6O2/c1-16-12-17(3-6-22(16)23(39)14-20-13-19(8-9-34-20)29(30,31)32)25-26-27(33)35-10-11-37(26)28(36-25)18-2-4-21-5-7-24(40)38(21)15-18/h3,6,8-13,18,21H,2,4-5,7,14-15H2,1H3,(H2,33,35)/t18-,21+/m1/s1. The van der Waals surface area contributed by atoms with E-state index >= 15 is 0 Å². The van der Waals surface area contributed by atoms with E-state index in [0.717, 1.165) is 49.0 Å². The first kappa shape index (κ1) is 26.0. The number of alkyl halides is 3. The Labute approximate surface area is 228 Å². The van der Waals surface area contributed by atoms with Crippen molar-refractivity contribution in [3.8, 4) is 11.3 Å². The second kappa shape index (κ2) is 9.72. The lowest BCUT2D eigenvalue weighted by Gasteiger charge is -2.34. The molecule has 5 heterocycles. The molecule has 0 radical (unpaired) electrons. The van der Waals surface area contributed by atoms with E-state index in [1.54, 1.807) is 25.3 Å². The molecule has 0 spiro atoms. The summed E-state index contributed by atoms with van der Waals surface area (Å²) in [5, 5.41) is 0. The number of hydrogen-bond donors (Lipinski definition) is 1. The van der Waals surface area contributed by atoms with Gasteiger partial charge >= 0.3 is 6.18 Å². The van der Waals surface area contributed by atoms with Crippen LogP contribution < -0.4 is 5.73 Å². The molecule has 1 aromatic carbocycles. The third kappa shape index (κ3) is 4.59. The number of anilines is 1. The molecule has 206 valence electrons. The van der Waals surface area contributed by atoms with Crippen molar-refractivity contribution in [1.29, 1.82) is 0 Å². The van der Waals surface area contributed by atoms with Crippen LogP contribution in [0.4, 0.5) is 19.0 Å². The number of nitrogens with zero attached hydrogens (tertiary/aromatic N) is 5. The molecule has 4 aromatic rings. The lowest BCUT2D eigenvalue weighted by Crippen LogP contribution is -2.41. The van der Waals surface area contributed by atoms with E-state index in [9.17, 15) is 22.8 Å². The van der Waals surface area contributed by atoms with Gasteiger partial charge in [0.15, 0.2) is 5.78 Å². The number of ketones is 1. The molecule has 2 aliphatic heterocycles. The highest BCUT2D eigenvalue weighted by atomic mass is 19.4. The SMILES string of the molecule is Cc1cc(-c2nc([C@@H]3CC[C@H]4CCC(=O)N4C3)n3ccnc(N)c23)ccc1C(=O)Cc1cc(C(F)(F)F)ccn1. The maximum Gasteiger partial charge on any atom is 0.416 e. The number of aryl methyl sites for hydroxylation is 1. The number of aromatic nitrogens is 4. The van der Waals surface area contributed by atoms with E-state index in [0.29, 0.717) is 47.2 Å². The lowest BCUT2D eigenvalue weighted by atomic mass is 9.92. The van der Waals surface area contributed by atoms with Crippen molar-refractivity contribution >= 4 is 23.0 Å². The second-order valence-corrected chi connectivity index (χ2v) is 10.5. The third-order valence-corrected chi connectivity index (χ3v) is 7.98. The van der Waals surface area contributed by atoms with Crippen LogP contribution in [0.3, 0.4) is 0 Å². The third-order valence-electron chi connectivity index (χ3n) is 7.98. The number of imidazole rings is 1. The van der Waals surface area contributed by atoms with Gasteiger partial charge in [-0.05, 0) is 49.9 Å². The van der Waals surface area contributed by atoms with Gasteiger partial charge < -0.3 is 10.6 Å². The van der Waals surface area contributed by atoms with Crippen LogP contribution in [-0.2, 0) is 17.4 Å². The largest absolute Gasteiger partial charge is 0.416 e. The molecule has 2 N–H and O–H groups in total. The smallest absolute Gasteiger partial charge is 0.382 e. The van der Waals surface area contributed by atoms with Gasteiger partial charge in [0, 0.05) is 60.3 Å². The molecule has 2 saturated heterocycles. The van der Waals surface area contributed by atoms with Gasteiger partial charge in [0.2, 0.25) is 5.91 Å². The fraction of sp³-hybridized carbons (Fsp3) is 0.345. The maximum absolute atomic E-state index is 13.1. The van der Waals surface area contributed by atoms with E-state index in [-0.39, 0.29) is 29.7 Å². The molecule has 3 aromatic heterocycles. The van der Waals surface area contributed by atoms with Crippen molar-refractivity contribution in [2.45, 2.75) is 57.2 Å². The molecular weight excluding hydrogens is 521 g/mol. The Morgan fingerprint density at radius 3 is 2.70 bits per heavy atom. The van der Waals surface area contributed by atoms with Gasteiger partial charge in [-0.3, -0.25) is 19.0 Å². The highest BCUT2D eigenvalue weighted by Crippen LogP contribution is 2.38. The summed E-state index contributed by atoms with van der Waals surface area (Å²) in [7, 11) is 0. The van der Waals surface area contributed by atoms with Crippen LogP contribution in [0.25, 0.3) is 16.8 Å². The summed E-state index contributed by atoms with van der Waals surface area (Å²) in [4.78, 5) is 40.6. The number of halogens is 3. The van der Waals surface area contributed by atoms with Crippen LogP contribution in [0.5, 0.6) is 0 Å². The maximum atomic E-state index is 13.1. The van der Waals surface area contributed by atoms with Crippen molar-refractivity contribution in [1.82, 2.24) is 24.3 Å². The summed E-state index contributed by atoms with van der Waals surface area (Å²) in [5.74, 6) is 1.03. The quantitative estimate of drug-likeness (QED) is 0.352. The van der Waals surface area contributed by atoms with Crippen molar-refractivity contribution in [2.75, 3.05) is 12.3 Å². The first-order chi connectivity index (χ1) is 19.1. The van der Waals surface area contributed by atoms with Crippen LogP contribution in [-0.4, -0.2) is 48.5 Å². The zero-order chi connectivity index (χ0) is 28.2. The molecule has 2 atom stereocenters. The zero-order valence-electron chi connectivity index (χ0n) is 21.8. The Morgan fingerprint density at radius 1 is 1.10 bits per heavy atom. The average molecular weight is 549 g/mol. The topological polar surface area (TPSA) is 106 Å². The van der Waals surface area contributed by atoms with Crippen molar-refractivity contribution in [3.05, 3.63) is 77.1 Å². The number of rotatable bonds is 5. The number of fused-ring (bicyclic) bond motifs is 2. The molecule has 8 nitrogen and oxygen atoms in total. The van der Waals surface area contributed by atoms with E-state index in [4.69, 9.17) is 10.7 Å². The number of carbonyl (C=O) groups is 2. The van der Waals surface area contributed by atoms with Gasteiger partial charge in [-0.15, -0.1) is 0 Å². The number of hydrogen-bond acceptors (Lipinski definition) is 6. The Hall–Kier alpha value is -4.28. The van der Waals surface area contributed by atoms with Gasteiger partial charge in [0.1, 0.15) is 22.9 Å². The minimum absolute atomic E-state index is 0.0447. The molecule has 2 aliphatic rings. The number of carbonyl (C=O) groups excluding carboxylic acids is 2. The van der Waals surface area contributed by atoms with Crippen LogP contribution in [0.1, 0.15) is 64.6 Å². The highest BCUT2D eigenvalue weighted by molar-refractivity contribution is 5.99. The predicted octanol–water partition coefficient (Wildman–Crippen LogP) is 4.99. The average Bonchev–Trinajstić information content (AvgIpc) is 3.49. The van der Waals surface area contributed by atoms with Gasteiger partial charge in [0.05, 0.1) is 12.0 Å². The molecular formula is C29H27F3N6O2. The monoisotopic (exact) mass is 548 g/mol. The number of nitrogens with two attached hydrogens (primary N) is 1. The lowest BCUT2D eigenvalue weighted by molar-refractivity contribution is -0.137. The number of Topliss-reactive ketones (excluding diaryl/α,β-unsaturated/α-hetero) is 1. The van der Waals surface area contributed by atoms with Crippen molar-refractivity contribution in [2.24, 2.45) is 0 Å². The fourth-order valence-corrected chi connectivity index (χ4v) is 5.99. The first-order valence-corrected chi connectivity index (χ1v) is 13.2. The summed E-state index contributed by atoms with van der Waals surface area (Å²) in [6.07, 6.45) is 3.08. The van der Waals surface area contributed by atoms with Gasteiger partial charge in [-0.25, -0.2) is 9.97 Å². The fourth-order valence-electron chi connectivity index (χ4n) is 5.99. The molecule has 40 heavy (non-hydrogen) atoms. The number of pyridine rings is 1. The molecule has 2 fully saturated rings. The van der Waals surface area contributed by atoms with Crippen molar-refractivity contribution in [3.63, 3.8) is 0 Å². The molecule has 0 aliphatic carbocycles. The molecule has 11 heteroatoms. The van der Waals surface area contributed by atoms with Crippen molar-refractivity contribution < 1.29 is 22.8 Å². The van der Waals surface area contributed by atoms with E-state index in [2.05, 4.69) is 9.97 Å². The summed E-state index contributed by atoms with van der Waals surface area (Å²) in [6, 6.07) is 7.34. The predicted molar refractivity (Wildman–Crippen MR) is 142 cm³/mol. The normalized spacial score (nSPS) is 19.3. The Balaban J connectivity index is 1.31. The van der Waals surface area contributed by atoms with Crippen LogP contribution in [0, 0.1) is 6.92 Å². The van der Waals surface area contributed by atoms with Crippen LogP contribution in [0.15, 0.2) is 48.9 Å². The summed E-state index contributed by atoms with van der Waals surface area (Å²) in [5.41, 5.74) is 8.59. The summed E-state index contributed by atoms with van der Waals surface area (Å²) in [6.45, 7) is 2.39. The Morgan fingerprint density at radius 2 is 1.93 bits per heavy atom. The summed E-state index contributed by atoms with van der Waals surface area (Å²) < 4.78 is 41.2. The number of amides is 1. The van der Waals surface area contributed by atoms with E-state index < -0.39 is 11.7 Å².